The largest absolute Gasteiger partial charge is 0.326 e. The highest BCUT2D eigenvalue weighted by atomic mass is 15.2. The zero-order chi connectivity index (χ0) is 16.1. The molecule has 5 N–H and O–H groups in total. The molecular weight excluding hydrogens is 274 g/mol. The predicted octanol–water partition coefficient (Wildman–Crippen LogP) is 3.60. The second-order valence-corrected chi connectivity index (χ2v) is 5.21. The number of nitrogens with one attached hydrogen (secondary N) is 5. The second kappa shape index (κ2) is 6.76. The van der Waals surface area contributed by atoms with E-state index in [9.17, 15) is 0 Å². The van der Waals surface area contributed by atoms with Gasteiger partial charge in [0.05, 0.1) is 0 Å². The molecule has 0 aromatic heterocycles. The molecule has 0 bridgehead atoms. The summed E-state index contributed by atoms with van der Waals surface area (Å²) in [6.07, 6.45) is 0. The average Bonchev–Trinajstić information content (AvgIpc) is 2.45. The summed E-state index contributed by atoms with van der Waals surface area (Å²) in [7, 11) is 0. The van der Waals surface area contributed by atoms with Crippen LogP contribution < -0.4 is 16.0 Å². The van der Waals surface area contributed by atoms with Gasteiger partial charge in [-0.2, -0.15) is 0 Å². The molecule has 0 saturated heterocycles. The molecule has 0 radical (unpaired) electrons. The zero-order valence-corrected chi connectivity index (χ0v) is 13.0. The van der Waals surface area contributed by atoms with Gasteiger partial charge in [0.1, 0.15) is 0 Å². The monoisotopic (exact) mass is 295 g/mol. The van der Waals surface area contributed by atoms with Crippen molar-refractivity contribution in [3.63, 3.8) is 0 Å². The Bertz CT molecular complexity index is 686. The van der Waals surface area contributed by atoms with Crippen molar-refractivity contribution in [2.45, 2.75) is 20.8 Å². The summed E-state index contributed by atoms with van der Waals surface area (Å²) in [5.74, 6) is 0.113. The number of hydrogen-bond acceptors (Lipinski definition) is 2. The van der Waals surface area contributed by atoms with Crippen LogP contribution in [-0.2, 0) is 0 Å². The summed E-state index contributed by atoms with van der Waals surface area (Å²) >= 11 is 0. The maximum absolute atomic E-state index is 7.97. The molecule has 0 saturated carbocycles. The van der Waals surface area contributed by atoms with Crippen LogP contribution in [0.4, 0.5) is 11.4 Å². The van der Waals surface area contributed by atoms with E-state index in [2.05, 4.69) is 16.0 Å². The van der Waals surface area contributed by atoms with Crippen molar-refractivity contribution in [3.05, 3.63) is 59.2 Å². The van der Waals surface area contributed by atoms with Crippen molar-refractivity contribution in [2.24, 2.45) is 0 Å². The van der Waals surface area contributed by atoms with Crippen LogP contribution in [0.1, 0.15) is 16.7 Å². The van der Waals surface area contributed by atoms with Crippen molar-refractivity contribution in [2.75, 3.05) is 10.6 Å². The lowest BCUT2D eigenvalue weighted by Gasteiger charge is -2.16. The van der Waals surface area contributed by atoms with Gasteiger partial charge in [0.25, 0.3) is 0 Å². The maximum Gasteiger partial charge on any atom is 0.199 e. The normalized spacial score (nSPS) is 9.95. The number of hydrogen-bond donors (Lipinski definition) is 5. The highest BCUT2D eigenvalue weighted by Gasteiger charge is 2.06. The number of guanidine groups is 2. The lowest BCUT2D eigenvalue weighted by Crippen LogP contribution is -2.39. The summed E-state index contributed by atoms with van der Waals surface area (Å²) in [6, 6.07) is 13.7. The molecule has 22 heavy (non-hydrogen) atoms. The minimum Gasteiger partial charge on any atom is -0.326 e. The lowest BCUT2D eigenvalue weighted by molar-refractivity contribution is 1.21. The van der Waals surface area contributed by atoms with E-state index >= 15 is 0 Å². The van der Waals surface area contributed by atoms with E-state index in [1.165, 1.54) is 0 Å². The van der Waals surface area contributed by atoms with E-state index in [1.807, 2.05) is 63.2 Å². The maximum atomic E-state index is 7.97. The van der Waals surface area contributed by atoms with Crippen molar-refractivity contribution in [1.29, 1.82) is 10.8 Å². The Balaban J connectivity index is 1.98. The third-order valence-electron chi connectivity index (χ3n) is 3.39. The topological polar surface area (TPSA) is 83.8 Å². The van der Waals surface area contributed by atoms with Crippen molar-refractivity contribution < 1.29 is 0 Å². The van der Waals surface area contributed by atoms with Crippen molar-refractivity contribution in [3.8, 4) is 0 Å². The Hall–Kier alpha value is -2.82. The first-order valence-corrected chi connectivity index (χ1v) is 7.07. The Labute approximate surface area is 130 Å². The van der Waals surface area contributed by atoms with Crippen LogP contribution >= 0.6 is 0 Å². The number of para-hydroxylation sites is 2. The fourth-order valence-electron chi connectivity index (χ4n) is 2.17. The summed E-state index contributed by atoms with van der Waals surface area (Å²) in [4.78, 5) is 0. The van der Waals surface area contributed by atoms with E-state index in [4.69, 9.17) is 10.8 Å². The van der Waals surface area contributed by atoms with Gasteiger partial charge < -0.3 is 10.6 Å². The van der Waals surface area contributed by atoms with Gasteiger partial charge >= 0.3 is 0 Å². The zero-order valence-electron chi connectivity index (χ0n) is 13.0. The van der Waals surface area contributed by atoms with Gasteiger partial charge in [-0.15, -0.1) is 0 Å². The summed E-state index contributed by atoms with van der Waals surface area (Å²) in [5, 5.41) is 24.5. The third-order valence-corrected chi connectivity index (χ3v) is 3.39. The Kier molecular flexibility index (Phi) is 4.78. The van der Waals surface area contributed by atoms with Crippen LogP contribution in [0.25, 0.3) is 0 Å². The fraction of sp³-hybridized carbons (Fsp3) is 0.176. The predicted molar refractivity (Wildman–Crippen MR) is 92.9 cm³/mol. The van der Waals surface area contributed by atoms with Crippen LogP contribution in [0.2, 0.25) is 0 Å². The summed E-state index contributed by atoms with van der Waals surface area (Å²) in [5.41, 5.74) is 4.90. The van der Waals surface area contributed by atoms with Crippen molar-refractivity contribution >= 4 is 23.3 Å². The van der Waals surface area contributed by atoms with Crippen LogP contribution in [0.3, 0.4) is 0 Å². The molecule has 2 aromatic carbocycles. The van der Waals surface area contributed by atoms with E-state index < -0.39 is 0 Å². The highest BCUT2D eigenvalue weighted by Crippen LogP contribution is 2.19. The number of benzene rings is 2. The molecule has 5 nitrogen and oxygen atoms in total. The minimum absolute atomic E-state index is 0.0537. The van der Waals surface area contributed by atoms with Crippen LogP contribution in [0.5, 0.6) is 0 Å². The van der Waals surface area contributed by atoms with Gasteiger partial charge in [0.2, 0.25) is 0 Å². The molecule has 0 heterocycles. The lowest BCUT2D eigenvalue weighted by atomic mass is 10.1. The van der Waals surface area contributed by atoms with Gasteiger partial charge in [-0.25, -0.2) is 0 Å². The average molecular weight is 295 g/mol. The molecule has 114 valence electrons. The molecule has 2 aromatic rings. The molecule has 0 fully saturated rings. The highest BCUT2D eigenvalue weighted by molar-refractivity contribution is 6.07. The van der Waals surface area contributed by atoms with Gasteiger partial charge in [-0.05, 0) is 43.5 Å². The van der Waals surface area contributed by atoms with Crippen LogP contribution in [-0.4, -0.2) is 11.9 Å². The van der Waals surface area contributed by atoms with Gasteiger partial charge in [0, 0.05) is 11.4 Å². The first-order valence-electron chi connectivity index (χ1n) is 7.07. The summed E-state index contributed by atoms with van der Waals surface area (Å²) in [6.45, 7) is 5.94. The second-order valence-electron chi connectivity index (χ2n) is 5.21. The van der Waals surface area contributed by atoms with E-state index in [1.54, 1.807) is 0 Å². The van der Waals surface area contributed by atoms with Gasteiger partial charge in [-0.3, -0.25) is 16.1 Å². The number of aryl methyl sites for hydroxylation is 3. The Morgan fingerprint density at radius 2 is 1.27 bits per heavy atom. The Morgan fingerprint density at radius 3 is 1.91 bits per heavy atom. The summed E-state index contributed by atoms with van der Waals surface area (Å²) < 4.78 is 0. The molecule has 5 heteroatoms. The molecule has 2 rings (SSSR count). The molecule has 0 unspecified atom stereocenters. The van der Waals surface area contributed by atoms with Crippen LogP contribution in [0.15, 0.2) is 42.5 Å². The molecule has 0 amide bonds. The standard InChI is InChI=1S/C17H21N5/c1-11-7-4-5-10-14(11)20-16(18)22-17(19)21-15-12(2)8-6-9-13(15)3/h4-10H,1-3H3,(H5,18,19,20,21,22). The van der Waals surface area contributed by atoms with E-state index in [0.29, 0.717) is 0 Å². The van der Waals surface area contributed by atoms with Gasteiger partial charge in [0.15, 0.2) is 11.9 Å². The molecular formula is C17H21N5. The SMILES string of the molecule is Cc1ccccc1NC(=N)NC(=N)Nc1c(C)cccc1C. The molecule has 0 atom stereocenters. The van der Waals surface area contributed by atoms with E-state index in [-0.39, 0.29) is 11.9 Å². The number of anilines is 2. The quantitative estimate of drug-likeness (QED) is 0.433. The minimum atomic E-state index is 0.0537. The van der Waals surface area contributed by atoms with E-state index in [0.717, 1.165) is 28.1 Å². The molecule has 0 aliphatic heterocycles. The molecule has 0 aliphatic carbocycles. The molecule has 0 aliphatic rings. The van der Waals surface area contributed by atoms with Crippen LogP contribution in [0, 0.1) is 31.6 Å². The van der Waals surface area contributed by atoms with Gasteiger partial charge in [-0.1, -0.05) is 36.4 Å². The Morgan fingerprint density at radius 1 is 0.727 bits per heavy atom. The fourth-order valence-corrected chi connectivity index (χ4v) is 2.17. The first kappa shape index (κ1) is 15.6. The number of rotatable bonds is 2. The smallest absolute Gasteiger partial charge is 0.199 e. The van der Waals surface area contributed by atoms with Crippen molar-refractivity contribution in [1.82, 2.24) is 5.32 Å². The third kappa shape index (κ3) is 3.85. The first-order chi connectivity index (χ1) is 10.5. The molecule has 0 spiro atoms.